The van der Waals surface area contributed by atoms with Crippen LogP contribution in [0.4, 0.5) is 10.5 Å². The number of nitrogens with zero attached hydrogens (tertiary/aromatic N) is 4. The van der Waals surface area contributed by atoms with Gasteiger partial charge in [0.25, 0.3) is 0 Å². The molecule has 1 N–H and O–H groups in total. The predicted molar refractivity (Wildman–Crippen MR) is 129 cm³/mol. The van der Waals surface area contributed by atoms with Crippen LogP contribution in [-0.4, -0.2) is 86.6 Å². The van der Waals surface area contributed by atoms with Crippen molar-refractivity contribution in [2.75, 3.05) is 43.4 Å². The molecule has 0 unspecified atom stereocenters. The average molecular weight is 515 g/mol. The van der Waals surface area contributed by atoms with Crippen LogP contribution in [0.3, 0.4) is 0 Å². The van der Waals surface area contributed by atoms with Gasteiger partial charge in [-0.2, -0.15) is 5.10 Å². The summed E-state index contributed by atoms with van der Waals surface area (Å²) >= 11 is 0. The summed E-state index contributed by atoms with van der Waals surface area (Å²) in [5.74, 6) is 0.422. The SMILES string of the molecule is C[C@H]1CCc2c(ccc(-c3cnn(CCS(C)(=O)=O)c3)c2OCCN(C)S(C)(=O)=O)N1C(=O)O. The molecular weight excluding hydrogens is 484 g/mol. The van der Waals surface area contributed by atoms with Gasteiger partial charge in [-0.25, -0.2) is 25.9 Å². The zero-order chi connectivity index (χ0) is 25.3. The van der Waals surface area contributed by atoms with Crippen LogP contribution < -0.4 is 9.64 Å². The van der Waals surface area contributed by atoms with Crippen LogP contribution in [-0.2, 0) is 32.8 Å². The second-order valence-electron chi connectivity index (χ2n) is 8.54. The Bertz CT molecular complexity index is 1270. The molecule has 13 heteroatoms. The third-order valence-electron chi connectivity index (χ3n) is 5.81. The van der Waals surface area contributed by atoms with Crippen molar-refractivity contribution in [2.24, 2.45) is 0 Å². The smallest absolute Gasteiger partial charge is 0.412 e. The molecule has 1 aliphatic heterocycles. The third-order valence-corrected chi connectivity index (χ3v) is 8.05. The van der Waals surface area contributed by atoms with Crippen LogP contribution in [0.5, 0.6) is 5.75 Å². The van der Waals surface area contributed by atoms with Crippen LogP contribution >= 0.6 is 0 Å². The third kappa shape index (κ3) is 6.07. The summed E-state index contributed by atoms with van der Waals surface area (Å²) in [7, 11) is -5.07. The normalized spacial score (nSPS) is 16.5. The molecule has 3 rings (SSSR count). The van der Waals surface area contributed by atoms with Gasteiger partial charge in [0.2, 0.25) is 10.0 Å². The molecule has 1 atom stereocenters. The lowest BCUT2D eigenvalue weighted by atomic mass is 9.92. The van der Waals surface area contributed by atoms with Gasteiger partial charge in [0.05, 0.1) is 30.4 Å². The first kappa shape index (κ1) is 26.0. The molecule has 1 aromatic carbocycles. The maximum Gasteiger partial charge on any atom is 0.412 e. The molecule has 2 aromatic rings. The minimum atomic E-state index is -3.37. The summed E-state index contributed by atoms with van der Waals surface area (Å²) in [6, 6.07) is 3.29. The quantitative estimate of drug-likeness (QED) is 0.533. The molecule has 0 spiro atoms. The number of sulfonamides is 1. The van der Waals surface area contributed by atoms with Crippen molar-refractivity contribution >= 4 is 31.6 Å². The van der Waals surface area contributed by atoms with E-state index < -0.39 is 26.0 Å². The summed E-state index contributed by atoms with van der Waals surface area (Å²) in [5, 5.41) is 14.0. The number of aryl methyl sites for hydroxylation is 1. The Balaban J connectivity index is 1.99. The molecule has 0 saturated carbocycles. The fourth-order valence-electron chi connectivity index (χ4n) is 3.81. The van der Waals surface area contributed by atoms with Crippen LogP contribution in [0.25, 0.3) is 11.1 Å². The van der Waals surface area contributed by atoms with Crippen molar-refractivity contribution in [3.63, 3.8) is 0 Å². The highest BCUT2D eigenvalue weighted by molar-refractivity contribution is 7.90. The number of hydrogen-bond acceptors (Lipinski definition) is 7. The van der Waals surface area contributed by atoms with Crippen LogP contribution in [0.1, 0.15) is 18.9 Å². The van der Waals surface area contributed by atoms with Gasteiger partial charge in [-0.05, 0) is 31.9 Å². The second kappa shape index (κ2) is 9.92. The molecule has 0 saturated heterocycles. The van der Waals surface area contributed by atoms with Crippen molar-refractivity contribution in [1.82, 2.24) is 14.1 Å². The molecule has 0 radical (unpaired) electrons. The number of fused-ring (bicyclic) bond motifs is 1. The first-order valence-electron chi connectivity index (χ1n) is 10.7. The summed E-state index contributed by atoms with van der Waals surface area (Å²) in [5.41, 5.74) is 2.62. The van der Waals surface area contributed by atoms with E-state index in [1.165, 1.54) is 20.9 Å². The Kier molecular flexibility index (Phi) is 7.58. The topological polar surface area (TPSA) is 139 Å². The molecule has 0 aliphatic carbocycles. The fourth-order valence-corrected chi connectivity index (χ4v) is 4.74. The number of sulfone groups is 1. The van der Waals surface area contributed by atoms with Gasteiger partial charge in [0, 0.05) is 48.8 Å². The largest absolute Gasteiger partial charge is 0.491 e. The Morgan fingerprint density at radius 2 is 1.97 bits per heavy atom. The lowest BCUT2D eigenvalue weighted by Gasteiger charge is -2.34. The average Bonchev–Trinajstić information content (AvgIpc) is 3.19. The molecule has 34 heavy (non-hydrogen) atoms. The standard InChI is InChI=1S/C21H30N4O7S2/c1-15-5-6-18-19(25(15)21(26)27)8-7-17(20(18)32-11-9-23(2)34(4,30)31)16-13-22-24(14-16)10-12-33(3,28)29/h7-8,13-15H,5-6,9-12H2,1-4H3,(H,26,27)/t15-/m0/s1. The number of ether oxygens (including phenoxy) is 1. The van der Waals surface area contributed by atoms with Crippen molar-refractivity contribution in [1.29, 1.82) is 0 Å². The van der Waals surface area contributed by atoms with E-state index in [0.717, 1.165) is 18.1 Å². The highest BCUT2D eigenvalue weighted by atomic mass is 32.2. The molecule has 1 aromatic heterocycles. The van der Waals surface area contributed by atoms with Gasteiger partial charge < -0.3 is 9.84 Å². The first-order chi connectivity index (χ1) is 15.8. The zero-order valence-electron chi connectivity index (χ0n) is 19.6. The van der Waals surface area contributed by atoms with Gasteiger partial charge in [-0.15, -0.1) is 0 Å². The van der Waals surface area contributed by atoms with Crippen LogP contribution in [0, 0.1) is 0 Å². The molecule has 2 heterocycles. The van der Waals surface area contributed by atoms with Crippen molar-refractivity contribution < 1.29 is 31.5 Å². The minimum Gasteiger partial charge on any atom is -0.491 e. The van der Waals surface area contributed by atoms with Gasteiger partial charge in [-0.3, -0.25) is 9.58 Å². The predicted octanol–water partition coefficient (Wildman–Crippen LogP) is 1.68. The van der Waals surface area contributed by atoms with E-state index in [0.29, 0.717) is 35.4 Å². The van der Waals surface area contributed by atoms with E-state index in [4.69, 9.17) is 4.74 Å². The highest BCUT2D eigenvalue weighted by Crippen LogP contribution is 2.43. The van der Waals surface area contributed by atoms with Crippen molar-refractivity contribution in [2.45, 2.75) is 32.4 Å². The molecule has 1 amide bonds. The van der Waals surface area contributed by atoms with E-state index in [2.05, 4.69) is 5.10 Å². The molecule has 11 nitrogen and oxygen atoms in total. The Hall–Kier alpha value is -2.64. The molecule has 1 aliphatic rings. The zero-order valence-corrected chi connectivity index (χ0v) is 21.3. The molecular formula is C21H30N4O7S2. The van der Waals surface area contributed by atoms with Crippen LogP contribution in [0.15, 0.2) is 24.5 Å². The van der Waals surface area contributed by atoms with Gasteiger partial charge >= 0.3 is 6.09 Å². The first-order valence-corrected chi connectivity index (χ1v) is 14.6. The number of rotatable bonds is 9. The maximum atomic E-state index is 11.9. The van der Waals surface area contributed by atoms with E-state index in [-0.39, 0.29) is 31.5 Å². The van der Waals surface area contributed by atoms with E-state index in [1.807, 2.05) is 6.92 Å². The lowest BCUT2D eigenvalue weighted by Crippen LogP contribution is -2.41. The molecule has 0 fully saturated rings. The van der Waals surface area contributed by atoms with Crippen molar-refractivity contribution in [3.05, 3.63) is 30.1 Å². The summed E-state index contributed by atoms with van der Waals surface area (Å²) in [6.45, 7) is 2.23. The maximum absolute atomic E-state index is 11.9. The van der Waals surface area contributed by atoms with Gasteiger partial charge in [0.15, 0.2) is 0 Å². The Morgan fingerprint density at radius 1 is 1.26 bits per heavy atom. The molecule has 0 bridgehead atoms. The number of hydrogen-bond donors (Lipinski definition) is 1. The number of anilines is 1. The van der Waals surface area contributed by atoms with E-state index in [9.17, 15) is 26.7 Å². The number of benzene rings is 1. The summed E-state index contributed by atoms with van der Waals surface area (Å²) in [4.78, 5) is 13.2. The van der Waals surface area contributed by atoms with E-state index >= 15 is 0 Å². The van der Waals surface area contributed by atoms with E-state index in [1.54, 1.807) is 24.5 Å². The summed E-state index contributed by atoms with van der Waals surface area (Å²) in [6.07, 6.45) is 5.72. The Morgan fingerprint density at radius 3 is 2.59 bits per heavy atom. The Labute approximate surface area is 199 Å². The number of likely N-dealkylation sites (N-methyl/N-ethyl adjacent to an activating group) is 1. The fraction of sp³-hybridized carbons (Fsp3) is 0.524. The lowest BCUT2D eigenvalue weighted by molar-refractivity contribution is 0.198. The number of carbonyl (C=O) groups is 1. The van der Waals surface area contributed by atoms with Crippen molar-refractivity contribution in [3.8, 4) is 16.9 Å². The second-order valence-corrected chi connectivity index (χ2v) is 12.9. The molecule has 188 valence electrons. The number of amides is 1. The minimum absolute atomic E-state index is 0.0506. The van der Waals surface area contributed by atoms with Crippen LogP contribution in [0.2, 0.25) is 0 Å². The highest BCUT2D eigenvalue weighted by Gasteiger charge is 2.31. The van der Waals surface area contributed by atoms with Gasteiger partial charge in [-0.1, -0.05) is 0 Å². The monoisotopic (exact) mass is 514 g/mol. The number of carboxylic acid groups (broad SMARTS) is 1. The number of aromatic nitrogens is 2. The summed E-state index contributed by atoms with van der Waals surface area (Å²) < 4.78 is 55.2. The van der Waals surface area contributed by atoms with Gasteiger partial charge in [0.1, 0.15) is 22.2 Å².